The minimum atomic E-state index is -0.865. The fourth-order valence-corrected chi connectivity index (χ4v) is 2.05. The number of hydrazone groups is 1. The molecule has 7 heteroatoms. The van der Waals surface area contributed by atoms with Crippen LogP contribution in [0.3, 0.4) is 0 Å². The number of halogens is 2. The third-order valence-corrected chi connectivity index (χ3v) is 3.69. The molecule has 0 saturated heterocycles. The van der Waals surface area contributed by atoms with E-state index in [1.807, 2.05) is 30.3 Å². The monoisotopic (exact) mass is 349 g/mol. The Balaban J connectivity index is 1.85. The van der Waals surface area contributed by atoms with Gasteiger partial charge in [-0.3, -0.25) is 9.59 Å². The number of carbonyl (C=O) groups excluding carboxylic acids is 2. The highest BCUT2D eigenvalue weighted by atomic mass is 35.5. The van der Waals surface area contributed by atoms with Crippen LogP contribution >= 0.6 is 23.2 Å². The Labute approximate surface area is 143 Å². The SMILES string of the molecule is O=C(NCc1ccccc1)C(=O)N/N=C\c1cccc(Cl)c1Cl. The van der Waals surface area contributed by atoms with Gasteiger partial charge in [-0.1, -0.05) is 65.7 Å². The molecule has 5 nitrogen and oxygen atoms in total. The standard InChI is InChI=1S/C16H13Cl2N3O2/c17-13-8-4-7-12(14(13)18)10-20-21-16(23)15(22)19-9-11-5-2-1-3-6-11/h1-8,10H,9H2,(H,19,22)(H,21,23)/b20-10-. The fraction of sp³-hybridized carbons (Fsp3) is 0.0625. The van der Waals surface area contributed by atoms with E-state index in [0.717, 1.165) is 5.56 Å². The minimum absolute atomic E-state index is 0.261. The summed E-state index contributed by atoms with van der Waals surface area (Å²) in [5.74, 6) is -1.64. The predicted molar refractivity (Wildman–Crippen MR) is 90.5 cm³/mol. The molecule has 0 aliphatic carbocycles. The highest BCUT2D eigenvalue weighted by molar-refractivity contribution is 6.43. The maximum absolute atomic E-state index is 11.6. The van der Waals surface area contributed by atoms with Gasteiger partial charge in [0.15, 0.2) is 0 Å². The number of hydrogen-bond donors (Lipinski definition) is 2. The van der Waals surface area contributed by atoms with Crippen molar-refractivity contribution in [1.29, 1.82) is 0 Å². The largest absolute Gasteiger partial charge is 0.344 e. The van der Waals surface area contributed by atoms with Gasteiger partial charge in [0.05, 0.1) is 16.3 Å². The van der Waals surface area contributed by atoms with Crippen LogP contribution in [0.4, 0.5) is 0 Å². The van der Waals surface area contributed by atoms with E-state index >= 15 is 0 Å². The van der Waals surface area contributed by atoms with Crippen LogP contribution < -0.4 is 10.7 Å². The molecule has 2 N–H and O–H groups in total. The first-order valence-corrected chi connectivity index (χ1v) is 7.42. The summed E-state index contributed by atoms with van der Waals surface area (Å²) >= 11 is 11.8. The van der Waals surface area contributed by atoms with Crippen molar-refractivity contribution in [3.05, 3.63) is 69.7 Å². The van der Waals surface area contributed by atoms with Crippen LogP contribution in [-0.2, 0) is 16.1 Å². The Bertz CT molecular complexity index is 733. The van der Waals surface area contributed by atoms with Crippen LogP contribution in [0.15, 0.2) is 53.6 Å². The molecule has 0 unspecified atom stereocenters. The van der Waals surface area contributed by atoms with Crippen molar-refractivity contribution in [2.24, 2.45) is 5.10 Å². The summed E-state index contributed by atoms with van der Waals surface area (Å²) in [6.07, 6.45) is 1.32. The zero-order valence-corrected chi connectivity index (χ0v) is 13.4. The molecule has 0 aliphatic rings. The molecular weight excluding hydrogens is 337 g/mol. The van der Waals surface area contributed by atoms with Gasteiger partial charge in [0.2, 0.25) is 0 Å². The van der Waals surface area contributed by atoms with E-state index in [2.05, 4.69) is 15.8 Å². The Morgan fingerprint density at radius 3 is 2.48 bits per heavy atom. The van der Waals surface area contributed by atoms with Crippen LogP contribution in [0.2, 0.25) is 10.0 Å². The van der Waals surface area contributed by atoms with Crippen molar-refractivity contribution < 1.29 is 9.59 Å². The summed E-state index contributed by atoms with van der Waals surface area (Å²) < 4.78 is 0. The highest BCUT2D eigenvalue weighted by Gasteiger charge is 2.11. The van der Waals surface area contributed by atoms with Gasteiger partial charge in [-0.05, 0) is 11.6 Å². The van der Waals surface area contributed by atoms with Crippen LogP contribution in [0.5, 0.6) is 0 Å². The first-order valence-electron chi connectivity index (χ1n) is 6.67. The number of nitrogens with zero attached hydrogens (tertiary/aromatic N) is 1. The van der Waals surface area contributed by atoms with Crippen molar-refractivity contribution in [1.82, 2.24) is 10.7 Å². The van der Waals surface area contributed by atoms with E-state index in [-0.39, 0.29) is 6.54 Å². The molecule has 2 amide bonds. The van der Waals surface area contributed by atoms with Gasteiger partial charge in [0, 0.05) is 12.1 Å². The normalized spacial score (nSPS) is 10.5. The van der Waals surface area contributed by atoms with Gasteiger partial charge in [-0.15, -0.1) is 0 Å². The Morgan fingerprint density at radius 2 is 1.74 bits per heavy atom. The summed E-state index contributed by atoms with van der Waals surface area (Å²) in [6.45, 7) is 0.261. The second-order valence-electron chi connectivity index (χ2n) is 4.51. The molecular formula is C16H13Cl2N3O2. The van der Waals surface area contributed by atoms with Crippen LogP contribution in [0, 0.1) is 0 Å². The van der Waals surface area contributed by atoms with Crippen molar-refractivity contribution in [3.8, 4) is 0 Å². The molecule has 0 spiro atoms. The molecule has 0 atom stereocenters. The summed E-state index contributed by atoms with van der Waals surface area (Å²) in [4.78, 5) is 23.2. The zero-order chi connectivity index (χ0) is 16.7. The molecule has 0 saturated carbocycles. The van der Waals surface area contributed by atoms with Crippen LogP contribution in [0.25, 0.3) is 0 Å². The molecule has 118 valence electrons. The average Bonchev–Trinajstić information content (AvgIpc) is 2.57. The molecule has 0 bridgehead atoms. The van der Waals surface area contributed by atoms with Gasteiger partial charge in [-0.2, -0.15) is 5.10 Å². The maximum atomic E-state index is 11.6. The van der Waals surface area contributed by atoms with Gasteiger partial charge in [0.25, 0.3) is 0 Å². The molecule has 0 heterocycles. The fourth-order valence-electron chi connectivity index (χ4n) is 1.69. The topological polar surface area (TPSA) is 70.6 Å². The Morgan fingerprint density at radius 1 is 1.00 bits per heavy atom. The van der Waals surface area contributed by atoms with Crippen molar-refractivity contribution >= 4 is 41.2 Å². The molecule has 2 aromatic carbocycles. The molecule has 0 aliphatic heterocycles. The smallest absolute Gasteiger partial charge is 0.329 e. The molecule has 0 radical (unpaired) electrons. The molecule has 0 aromatic heterocycles. The number of amides is 2. The lowest BCUT2D eigenvalue weighted by Gasteiger charge is -2.04. The first kappa shape index (κ1) is 17.0. The first-order chi connectivity index (χ1) is 11.1. The third-order valence-electron chi connectivity index (χ3n) is 2.85. The summed E-state index contributed by atoms with van der Waals surface area (Å²) in [5.41, 5.74) is 3.55. The van der Waals surface area contributed by atoms with Crippen molar-refractivity contribution in [2.75, 3.05) is 0 Å². The predicted octanol–water partition coefficient (Wildman–Crippen LogP) is 2.76. The van der Waals surface area contributed by atoms with Crippen molar-refractivity contribution in [2.45, 2.75) is 6.54 Å². The molecule has 23 heavy (non-hydrogen) atoms. The lowest BCUT2D eigenvalue weighted by molar-refractivity contribution is -0.139. The number of carbonyl (C=O) groups is 2. The van der Waals surface area contributed by atoms with E-state index in [1.54, 1.807) is 18.2 Å². The zero-order valence-electron chi connectivity index (χ0n) is 11.9. The minimum Gasteiger partial charge on any atom is -0.344 e. The van der Waals surface area contributed by atoms with Crippen LogP contribution in [-0.4, -0.2) is 18.0 Å². The average molecular weight is 350 g/mol. The van der Waals surface area contributed by atoms with Gasteiger partial charge in [0.1, 0.15) is 0 Å². The third kappa shape index (κ3) is 5.09. The summed E-state index contributed by atoms with van der Waals surface area (Å²) in [5, 5.41) is 6.88. The summed E-state index contributed by atoms with van der Waals surface area (Å²) in [6, 6.07) is 14.3. The van der Waals surface area contributed by atoms with Gasteiger partial charge < -0.3 is 5.32 Å². The van der Waals surface area contributed by atoms with E-state index < -0.39 is 11.8 Å². The second-order valence-corrected chi connectivity index (χ2v) is 5.30. The quantitative estimate of drug-likeness (QED) is 0.506. The van der Waals surface area contributed by atoms with Crippen molar-refractivity contribution in [3.63, 3.8) is 0 Å². The Hall–Kier alpha value is -2.37. The van der Waals surface area contributed by atoms with E-state index in [0.29, 0.717) is 15.6 Å². The molecule has 2 aromatic rings. The van der Waals surface area contributed by atoms with E-state index in [1.165, 1.54) is 6.21 Å². The van der Waals surface area contributed by atoms with E-state index in [4.69, 9.17) is 23.2 Å². The number of nitrogens with one attached hydrogen (secondary N) is 2. The van der Waals surface area contributed by atoms with Gasteiger partial charge in [-0.25, -0.2) is 5.43 Å². The molecule has 0 fully saturated rings. The summed E-state index contributed by atoms with van der Waals surface area (Å²) in [7, 11) is 0. The van der Waals surface area contributed by atoms with Gasteiger partial charge >= 0.3 is 11.8 Å². The number of hydrogen-bond acceptors (Lipinski definition) is 3. The van der Waals surface area contributed by atoms with E-state index in [9.17, 15) is 9.59 Å². The number of benzene rings is 2. The lowest BCUT2D eigenvalue weighted by atomic mass is 10.2. The second kappa shape index (κ2) is 8.31. The molecule has 2 rings (SSSR count). The van der Waals surface area contributed by atoms with Crippen LogP contribution in [0.1, 0.15) is 11.1 Å². The lowest BCUT2D eigenvalue weighted by Crippen LogP contribution is -2.37. The highest BCUT2D eigenvalue weighted by Crippen LogP contribution is 2.23. The maximum Gasteiger partial charge on any atom is 0.329 e. The Kier molecular flexibility index (Phi) is 6.14. The number of rotatable bonds is 4.